The Hall–Kier alpha value is -0.650. The fourth-order valence-corrected chi connectivity index (χ4v) is 4.38. The Kier molecular flexibility index (Phi) is 4.66. The average molecular weight is 387 g/mol. The maximum absolute atomic E-state index is 11.5. The van der Waals surface area contributed by atoms with Gasteiger partial charge in [0, 0.05) is 16.0 Å². The summed E-state index contributed by atoms with van der Waals surface area (Å²) in [5.41, 5.74) is 1.21. The van der Waals surface area contributed by atoms with Crippen molar-refractivity contribution in [1.29, 1.82) is 0 Å². The van der Waals surface area contributed by atoms with Gasteiger partial charge < -0.3 is 0 Å². The molecule has 1 aromatic carbocycles. The third-order valence-electron chi connectivity index (χ3n) is 3.22. The van der Waals surface area contributed by atoms with Crippen LogP contribution in [-0.2, 0) is 15.3 Å². The van der Waals surface area contributed by atoms with Crippen LogP contribution in [0.3, 0.4) is 0 Å². The van der Waals surface area contributed by atoms with E-state index in [-0.39, 0.29) is 10.2 Å². The fourth-order valence-electron chi connectivity index (χ4n) is 1.94. The SMILES string of the molecule is CC(C)(C)c1ccc(C(Br)c2ccc(S(C)(=O)=O)cc2)s1. The second-order valence-electron chi connectivity index (χ2n) is 6.16. The van der Waals surface area contributed by atoms with E-state index in [9.17, 15) is 8.42 Å². The molecule has 1 aromatic heterocycles. The Morgan fingerprint density at radius 3 is 2.05 bits per heavy atom. The van der Waals surface area contributed by atoms with Crippen LogP contribution in [0.15, 0.2) is 41.3 Å². The number of hydrogen-bond donors (Lipinski definition) is 0. The Bertz CT molecular complexity index is 722. The van der Waals surface area contributed by atoms with Crippen LogP contribution in [0.1, 0.15) is 40.9 Å². The van der Waals surface area contributed by atoms with Crippen molar-refractivity contribution in [2.45, 2.75) is 35.9 Å². The number of hydrogen-bond acceptors (Lipinski definition) is 3. The standard InChI is InChI=1S/C16H19BrO2S2/c1-16(2,3)14-10-9-13(20-14)15(17)11-5-7-12(8-6-11)21(4,18)19/h5-10,15H,1-4H3. The van der Waals surface area contributed by atoms with Crippen molar-refractivity contribution in [2.75, 3.05) is 6.26 Å². The van der Waals surface area contributed by atoms with Crippen LogP contribution in [0.25, 0.3) is 0 Å². The van der Waals surface area contributed by atoms with Crippen LogP contribution < -0.4 is 0 Å². The third kappa shape index (κ3) is 3.96. The van der Waals surface area contributed by atoms with Crippen LogP contribution in [0.2, 0.25) is 0 Å². The molecule has 5 heteroatoms. The van der Waals surface area contributed by atoms with Gasteiger partial charge in [-0.3, -0.25) is 0 Å². The molecule has 0 fully saturated rings. The summed E-state index contributed by atoms with van der Waals surface area (Å²) in [6.07, 6.45) is 1.22. The average Bonchev–Trinajstić information content (AvgIpc) is 2.86. The molecule has 0 N–H and O–H groups in total. The highest BCUT2D eigenvalue weighted by Gasteiger charge is 2.19. The van der Waals surface area contributed by atoms with E-state index in [1.54, 1.807) is 23.5 Å². The highest BCUT2D eigenvalue weighted by atomic mass is 79.9. The lowest BCUT2D eigenvalue weighted by atomic mass is 9.95. The zero-order valence-electron chi connectivity index (χ0n) is 12.6. The molecular formula is C16H19BrO2S2. The lowest BCUT2D eigenvalue weighted by molar-refractivity contribution is 0.601. The van der Waals surface area contributed by atoms with E-state index in [2.05, 4.69) is 48.8 Å². The van der Waals surface area contributed by atoms with Gasteiger partial charge in [0.1, 0.15) is 0 Å². The molecule has 1 unspecified atom stereocenters. The van der Waals surface area contributed by atoms with E-state index < -0.39 is 9.84 Å². The van der Waals surface area contributed by atoms with E-state index in [4.69, 9.17) is 0 Å². The van der Waals surface area contributed by atoms with Crippen molar-refractivity contribution in [1.82, 2.24) is 0 Å². The minimum atomic E-state index is -3.14. The molecular weight excluding hydrogens is 368 g/mol. The van der Waals surface area contributed by atoms with Gasteiger partial charge in [0.2, 0.25) is 0 Å². The molecule has 0 amide bonds. The highest BCUT2D eigenvalue weighted by Crippen LogP contribution is 2.38. The quantitative estimate of drug-likeness (QED) is 0.700. The molecule has 0 aliphatic rings. The van der Waals surface area contributed by atoms with Gasteiger partial charge >= 0.3 is 0 Å². The van der Waals surface area contributed by atoms with Crippen molar-refractivity contribution in [3.8, 4) is 0 Å². The van der Waals surface area contributed by atoms with Crippen molar-refractivity contribution in [2.24, 2.45) is 0 Å². The molecule has 1 atom stereocenters. The Labute approximate surface area is 139 Å². The molecule has 0 bridgehead atoms. The van der Waals surface area contributed by atoms with Crippen molar-refractivity contribution < 1.29 is 8.42 Å². The van der Waals surface area contributed by atoms with Gasteiger partial charge in [-0.25, -0.2) is 8.42 Å². The lowest BCUT2D eigenvalue weighted by Gasteiger charge is -2.15. The van der Waals surface area contributed by atoms with E-state index >= 15 is 0 Å². The number of rotatable bonds is 3. The van der Waals surface area contributed by atoms with E-state index in [1.165, 1.54) is 16.0 Å². The molecule has 0 spiro atoms. The van der Waals surface area contributed by atoms with E-state index in [1.807, 2.05) is 12.1 Å². The van der Waals surface area contributed by atoms with Crippen LogP contribution >= 0.6 is 27.3 Å². The zero-order valence-corrected chi connectivity index (χ0v) is 15.8. The predicted octanol–water partition coefficient (Wildman–Crippen LogP) is 4.93. The lowest BCUT2D eigenvalue weighted by Crippen LogP contribution is -2.07. The molecule has 2 rings (SSSR count). The van der Waals surface area contributed by atoms with Gasteiger partial charge in [-0.2, -0.15) is 0 Å². The first kappa shape index (κ1) is 16.7. The van der Waals surface area contributed by atoms with Gasteiger partial charge in [-0.15, -0.1) is 11.3 Å². The van der Waals surface area contributed by atoms with E-state index in [0.717, 1.165) is 5.56 Å². The second-order valence-corrected chi connectivity index (χ2v) is 10.2. The van der Waals surface area contributed by atoms with Crippen LogP contribution in [0.4, 0.5) is 0 Å². The Balaban J connectivity index is 2.28. The summed E-state index contributed by atoms with van der Waals surface area (Å²) in [5, 5.41) is 0. The van der Waals surface area contributed by atoms with Crippen molar-refractivity contribution in [3.05, 3.63) is 51.7 Å². The summed E-state index contributed by atoms with van der Waals surface area (Å²) in [7, 11) is -3.14. The molecule has 0 aliphatic carbocycles. The molecule has 2 nitrogen and oxygen atoms in total. The molecule has 21 heavy (non-hydrogen) atoms. The van der Waals surface area contributed by atoms with Gasteiger partial charge in [0.15, 0.2) is 9.84 Å². The van der Waals surface area contributed by atoms with Gasteiger partial charge in [-0.1, -0.05) is 48.8 Å². The summed E-state index contributed by atoms with van der Waals surface area (Å²) < 4.78 is 23.0. The molecule has 0 saturated heterocycles. The molecule has 2 aromatic rings. The van der Waals surface area contributed by atoms with Gasteiger partial charge in [-0.05, 0) is 35.2 Å². The minimum absolute atomic E-state index is 0.0900. The number of halogens is 1. The number of thiophene rings is 1. The first-order valence-electron chi connectivity index (χ1n) is 6.63. The number of benzene rings is 1. The summed E-state index contributed by atoms with van der Waals surface area (Å²) in [5.74, 6) is 0. The highest BCUT2D eigenvalue weighted by molar-refractivity contribution is 9.09. The largest absolute Gasteiger partial charge is 0.224 e. The first-order valence-corrected chi connectivity index (χ1v) is 10.3. The number of sulfone groups is 1. The molecule has 1 heterocycles. The number of alkyl halides is 1. The zero-order chi connectivity index (χ0) is 15.8. The minimum Gasteiger partial charge on any atom is -0.224 e. The summed E-state index contributed by atoms with van der Waals surface area (Å²) in [6.45, 7) is 6.60. The maximum Gasteiger partial charge on any atom is 0.175 e. The van der Waals surface area contributed by atoms with Crippen LogP contribution in [0, 0.1) is 0 Å². The maximum atomic E-state index is 11.5. The molecule has 114 valence electrons. The summed E-state index contributed by atoms with van der Waals surface area (Å²) in [6, 6.07) is 11.4. The van der Waals surface area contributed by atoms with Crippen molar-refractivity contribution in [3.63, 3.8) is 0 Å². The topological polar surface area (TPSA) is 34.1 Å². The normalized spacial score (nSPS) is 14.1. The molecule has 0 radical (unpaired) electrons. The van der Waals surface area contributed by atoms with Crippen LogP contribution in [-0.4, -0.2) is 14.7 Å². The van der Waals surface area contributed by atoms with Crippen LogP contribution in [0.5, 0.6) is 0 Å². The molecule has 0 saturated carbocycles. The fraction of sp³-hybridized carbons (Fsp3) is 0.375. The van der Waals surface area contributed by atoms with E-state index in [0.29, 0.717) is 4.90 Å². The first-order chi connectivity index (χ1) is 9.59. The van der Waals surface area contributed by atoms with Gasteiger partial charge in [0.05, 0.1) is 9.72 Å². The molecule has 0 aliphatic heterocycles. The smallest absolute Gasteiger partial charge is 0.175 e. The Morgan fingerprint density at radius 1 is 1.05 bits per heavy atom. The van der Waals surface area contributed by atoms with Crippen molar-refractivity contribution >= 4 is 37.1 Å². The second kappa shape index (κ2) is 5.86. The summed E-state index contributed by atoms with van der Waals surface area (Å²) >= 11 is 5.50. The third-order valence-corrected chi connectivity index (χ3v) is 7.25. The monoisotopic (exact) mass is 386 g/mol. The Morgan fingerprint density at radius 2 is 1.62 bits per heavy atom. The predicted molar refractivity (Wildman–Crippen MR) is 93.3 cm³/mol. The summed E-state index contributed by atoms with van der Waals surface area (Å²) in [4.78, 5) is 3.02. The van der Waals surface area contributed by atoms with Gasteiger partial charge in [0.25, 0.3) is 0 Å².